The van der Waals surface area contributed by atoms with Gasteiger partial charge in [0, 0.05) is 13.1 Å². The van der Waals surface area contributed by atoms with Crippen LogP contribution < -0.4 is 4.90 Å². The van der Waals surface area contributed by atoms with E-state index in [9.17, 15) is 13.2 Å². The monoisotopic (exact) mass is 424 g/mol. The largest absolute Gasteiger partial charge is 0.372 e. The number of morpholine rings is 1. The number of rotatable bonds is 5. The number of sulfonamides is 1. The molecule has 2 atom stereocenters. The van der Waals surface area contributed by atoms with E-state index in [2.05, 4.69) is 13.8 Å². The molecule has 2 fully saturated rings. The van der Waals surface area contributed by atoms with Crippen LogP contribution >= 0.6 is 0 Å². The van der Waals surface area contributed by atoms with Gasteiger partial charge in [-0.2, -0.15) is 4.31 Å². The van der Waals surface area contributed by atoms with Crippen LogP contribution in [0.4, 0.5) is 0 Å². The van der Waals surface area contributed by atoms with Crippen molar-refractivity contribution >= 4 is 15.9 Å². The first-order valence-corrected chi connectivity index (χ1v) is 12.0. The minimum Gasteiger partial charge on any atom is -0.372 e. The van der Waals surface area contributed by atoms with Crippen LogP contribution in [0.15, 0.2) is 29.2 Å². The van der Waals surface area contributed by atoms with Crippen molar-refractivity contribution < 1.29 is 22.8 Å². The zero-order chi connectivity index (χ0) is 21.2. The molecule has 2 saturated heterocycles. The number of carbonyl (C=O) groups excluding carboxylic acids is 1. The van der Waals surface area contributed by atoms with Crippen LogP contribution in [0.3, 0.4) is 0 Å². The lowest BCUT2D eigenvalue weighted by atomic mass is 10.0. The summed E-state index contributed by atoms with van der Waals surface area (Å²) >= 11 is 0. The lowest BCUT2D eigenvalue weighted by Crippen LogP contribution is -3.15. The van der Waals surface area contributed by atoms with Gasteiger partial charge < -0.3 is 14.5 Å². The molecule has 2 aliphatic rings. The summed E-state index contributed by atoms with van der Waals surface area (Å²) in [7, 11) is -3.48. The van der Waals surface area contributed by atoms with Crippen LogP contribution in [-0.2, 0) is 19.6 Å². The SMILES string of the molecule is CC(C)c1ccc(S(=O)(=O)N2CC[NH+](CC(=O)N3C[C@H](C)O[C@@H](C)C3)CC2)cc1. The molecule has 8 heteroatoms. The van der Waals surface area contributed by atoms with E-state index >= 15 is 0 Å². The second-order valence-electron chi connectivity index (χ2n) is 8.61. The van der Waals surface area contributed by atoms with Crippen LogP contribution in [0.5, 0.6) is 0 Å². The Labute approximate surface area is 174 Å². The quantitative estimate of drug-likeness (QED) is 0.740. The van der Waals surface area contributed by atoms with Gasteiger partial charge in [-0.25, -0.2) is 8.42 Å². The average molecular weight is 425 g/mol. The first kappa shape index (κ1) is 22.2. The molecule has 1 aromatic carbocycles. The van der Waals surface area contributed by atoms with Crippen LogP contribution in [-0.4, -0.2) is 81.6 Å². The molecule has 29 heavy (non-hydrogen) atoms. The summed E-state index contributed by atoms with van der Waals surface area (Å²) in [5.74, 6) is 0.497. The smallest absolute Gasteiger partial charge is 0.277 e. The number of ether oxygens (including phenoxy) is 1. The second kappa shape index (κ2) is 9.12. The second-order valence-corrected chi connectivity index (χ2v) is 10.5. The first-order valence-electron chi connectivity index (χ1n) is 10.5. The van der Waals surface area contributed by atoms with Gasteiger partial charge in [-0.3, -0.25) is 4.79 Å². The number of hydrogen-bond acceptors (Lipinski definition) is 4. The topological polar surface area (TPSA) is 71.4 Å². The fourth-order valence-electron chi connectivity index (χ4n) is 4.10. The highest BCUT2D eigenvalue weighted by Crippen LogP contribution is 2.20. The van der Waals surface area contributed by atoms with Crippen LogP contribution in [0.25, 0.3) is 0 Å². The van der Waals surface area contributed by atoms with Crippen LogP contribution in [0.2, 0.25) is 0 Å². The molecule has 0 bridgehead atoms. The third kappa shape index (κ3) is 5.36. The van der Waals surface area contributed by atoms with Crippen LogP contribution in [0.1, 0.15) is 39.2 Å². The van der Waals surface area contributed by atoms with Gasteiger partial charge in [-0.15, -0.1) is 0 Å². The molecule has 1 N–H and O–H groups in total. The van der Waals surface area contributed by atoms with Crippen molar-refractivity contribution in [2.45, 2.75) is 50.7 Å². The molecule has 1 aromatic rings. The molecule has 0 aliphatic carbocycles. The Kier molecular flexibility index (Phi) is 6.98. The van der Waals surface area contributed by atoms with Crippen molar-refractivity contribution in [1.82, 2.24) is 9.21 Å². The zero-order valence-electron chi connectivity index (χ0n) is 17.9. The summed E-state index contributed by atoms with van der Waals surface area (Å²) in [6, 6.07) is 7.19. The third-order valence-corrected chi connectivity index (χ3v) is 7.70. The van der Waals surface area contributed by atoms with E-state index in [1.807, 2.05) is 30.9 Å². The molecule has 2 heterocycles. The summed E-state index contributed by atoms with van der Waals surface area (Å²) in [4.78, 5) is 16.0. The maximum Gasteiger partial charge on any atom is 0.277 e. The van der Waals surface area contributed by atoms with E-state index in [0.717, 1.165) is 10.5 Å². The Morgan fingerprint density at radius 2 is 1.66 bits per heavy atom. The lowest BCUT2D eigenvalue weighted by molar-refractivity contribution is -0.896. The van der Waals surface area contributed by atoms with Gasteiger partial charge in [0.2, 0.25) is 10.0 Å². The molecule has 162 valence electrons. The molecule has 3 rings (SSSR count). The molecule has 1 amide bonds. The Hall–Kier alpha value is -1.48. The number of piperazine rings is 1. The maximum absolute atomic E-state index is 12.9. The predicted octanol–water partition coefficient (Wildman–Crippen LogP) is 0.335. The first-order chi connectivity index (χ1) is 13.7. The number of quaternary nitrogens is 1. The molecular formula is C21H34N3O4S+. The van der Waals surface area contributed by atoms with Crippen molar-refractivity contribution in [2.24, 2.45) is 0 Å². The van der Waals surface area contributed by atoms with E-state index in [1.54, 1.807) is 16.4 Å². The normalized spacial score (nSPS) is 24.8. The van der Waals surface area contributed by atoms with Crippen molar-refractivity contribution in [3.63, 3.8) is 0 Å². The molecule has 0 aromatic heterocycles. The minimum absolute atomic E-state index is 0.0572. The summed E-state index contributed by atoms with van der Waals surface area (Å²) in [6.07, 6.45) is 0.114. The molecular weight excluding hydrogens is 390 g/mol. The van der Waals surface area contributed by atoms with E-state index in [4.69, 9.17) is 4.74 Å². The molecule has 7 nitrogen and oxygen atoms in total. The predicted molar refractivity (Wildman–Crippen MR) is 111 cm³/mol. The zero-order valence-corrected chi connectivity index (χ0v) is 18.7. The Bertz CT molecular complexity index is 792. The molecule has 0 spiro atoms. The van der Waals surface area contributed by atoms with Gasteiger partial charge in [0.1, 0.15) is 0 Å². The van der Waals surface area contributed by atoms with Crippen molar-refractivity contribution in [1.29, 1.82) is 0 Å². The number of nitrogens with zero attached hydrogens (tertiary/aromatic N) is 2. The average Bonchev–Trinajstić information content (AvgIpc) is 2.67. The third-order valence-electron chi connectivity index (χ3n) is 5.79. The van der Waals surface area contributed by atoms with Gasteiger partial charge in [0.25, 0.3) is 5.91 Å². The Morgan fingerprint density at radius 3 is 2.17 bits per heavy atom. The lowest BCUT2D eigenvalue weighted by Gasteiger charge is -2.37. The standard InChI is InChI=1S/C21H33N3O4S/c1-16(2)19-5-7-20(8-6-19)29(26,27)24-11-9-22(10-12-24)15-21(25)23-13-17(3)28-18(4)14-23/h5-8,16-18H,9-15H2,1-4H3/p+1/t17-,18-/m0/s1. The number of benzene rings is 1. The summed E-state index contributed by atoms with van der Waals surface area (Å²) in [6.45, 7) is 12.0. The Balaban J connectivity index is 1.55. The fraction of sp³-hybridized carbons (Fsp3) is 0.667. The van der Waals surface area contributed by atoms with Gasteiger partial charge in [0.15, 0.2) is 6.54 Å². The summed E-state index contributed by atoms with van der Waals surface area (Å²) in [5.41, 5.74) is 1.13. The number of amides is 1. The highest BCUT2D eigenvalue weighted by molar-refractivity contribution is 7.89. The van der Waals surface area contributed by atoms with E-state index in [0.29, 0.717) is 56.6 Å². The fourth-order valence-corrected chi connectivity index (χ4v) is 5.54. The van der Waals surface area contributed by atoms with Crippen LogP contribution in [0, 0.1) is 0 Å². The molecule has 0 unspecified atom stereocenters. The van der Waals surface area contributed by atoms with Crippen molar-refractivity contribution in [2.75, 3.05) is 45.8 Å². The van der Waals surface area contributed by atoms with E-state index in [1.165, 1.54) is 0 Å². The molecule has 0 radical (unpaired) electrons. The molecule has 0 saturated carbocycles. The van der Waals surface area contributed by atoms with E-state index in [-0.39, 0.29) is 18.1 Å². The highest BCUT2D eigenvalue weighted by Gasteiger charge is 2.33. The van der Waals surface area contributed by atoms with Gasteiger partial charge in [-0.05, 0) is 37.5 Å². The van der Waals surface area contributed by atoms with Gasteiger partial charge >= 0.3 is 0 Å². The van der Waals surface area contributed by atoms with E-state index < -0.39 is 10.0 Å². The number of carbonyl (C=O) groups is 1. The number of hydrogen-bond donors (Lipinski definition) is 1. The van der Waals surface area contributed by atoms with Crippen molar-refractivity contribution in [3.05, 3.63) is 29.8 Å². The minimum atomic E-state index is -3.48. The summed E-state index contributed by atoms with van der Waals surface area (Å²) < 4.78 is 33.1. The van der Waals surface area contributed by atoms with Gasteiger partial charge in [0.05, 0.1) is 43.3 Å². The maximum atomic E-state index is 12.9. The highest BCUT2D eigenvalue weighted by atomic mass is 32.2. The summed E-state index contributed by atoms with van der Waals surface area (Å²) in [5, 5.41) is 0. The van der Waals surface area contributed by atoms with Gasteiger partial charge in [-0.1, -0.05) is 26.0 Å². The Morgan fingerprint density at radius 1 is 1.10 bits per heavy atom. The number of nitrogens with one attached hydrogen (secondary N) is 1. The van der Waals surface area contributed by atoms with Crippen molar-refractivity contribution in [3.8, 4) is 0 Å². The molecule has 2 aliphatic heterocycles.